The number of rotatable bonds is 3. The maximum atomic E-state index is 10.6. The minimum absolute atomic E-state index is 0.324. The molecule has 7 heteroatoms. The first-order valence-electron chi connectivity index (χ1n) is 8.64. The lowest BCUT2D eigenvalue weighted by Gasteiger charge is -2.38. The van der Waals surface area contributed by atoms with E-state index in [2.05, 4.69) is 40.2 Å². The Morgan fingerprint density at radius 3 is 2.85 bits per heavy atom. The third kappa shape index (κ3) is 2.59. The van der Waals surface area contributed by atoms with Gasteiger partial charge in [-0.25, -0.2) is 9.97 Å². The van der Waals surface area contributed by atoms with Crippen molar-refractivity contribution in [2.75, 3.05) is 20.1 Å². The van der Waals surface area contributed by atoms with Crippen LogP contribution in [0.2, 0.25) is 0 Å². The van der Waals surface area contributed by atoms with Gasteiger partial charge >= 0.3 is 0 Å². The largest absolute Gasteiger partial charge is 0.387 e. The third-order valence-electron chi connectivity index (χ3n) is 5.00. The van der Waals surface area contributed by atoms with Gasteiger partial charge in [0.1, 0.15) is 4.83 Å². The van der Waals surface area contributed by atoms with Gasteiger partial charge < -0.3 is 10.0 Å². The quantitative estimate of drug-likeness (QED) is 0.605. The Kier molecular flexibility index (Phi) is 3.56. The smallest absolute Gasteiger partial charge is 0.181 e. The average molecular weight is 365 g/mol. The van der Waals surface area contributed by atoms with Crippen molar-refractivity contribution in [3.8, 4) is 11.3 Å². The minimum Gasteiger partial charge on any atom is -0.387 e. The maximum absolute atomic E-state index is 10.6. The van der Waals surface area contributed by atoms with E-state index in [0.717, 1.165) is 50.5 Å². The summed E-state index contributed by atoms with van der Waals surface area (Å²) in [5.74, 6) is 0.324. The molecule has 1 N–H and O–H groups in total. The summed E-state index contributed by atoms with van der Waals surface area (Å²) in [5.41, 5.74) is 2.61. The fourth-order valence-corrected chi connectivity index (χ4v) is 4.71. The average Bonchev–Trinajstić information content (AvgIpc) is 3.19. The molecule has 0 bridgehead atoms. The first-order valence-corrected chi connectivity index (χ1v) is 9.45. The van der Waals surface area contributed by atoms with Crippen molar-refractivity contribution in [1.82, 2.24) is 24.6 Å². The number of likely N-dealkylation sites (tertiary alicyclic amines) is 1. The summed E-state index contributed by atoms with van der Waals surface area (Å²) < 4.78 is 1.77. The molecule has 4 aromatic rings. The van der Waals surface area contributed by atoms with E-state index >= 15 is 0 Å². The highest BCUT2D eigenvalue weighted by Crippen LogP contribution is 2.36. The Bertz CT molecular complexity index is 1110. The molecule has 132 valence electrons. The van der Waals surface area contributed by atoms with E-state index in [1.165, 1.54) is 0 Å². The van der Waals surface area contributed by atoms with Crippen LogP contribution in [0, 0.1) is 5.92 Å². The first kappa shape index (κ1) is 15.9. The molecule has 1 unspecified atom stereocenters. The predicted molar refractivity (Wildman–Crippen MR) is 103 cm³/mol. The number of aromatic nitrogens is 4. The standard InChI is InChI=1S/C19H19N5OS/c1-23-8-14(9-23)17(25)16-6-11-3-4-15(21-19(11)26-16)12-5-13-10-24(2)22-18(13)20-7-12/h3-7,10,14,17,25H,8-9H2,1-2H3. The second kappa shape index (κ2) is 5.84. The van der Waals surface area contributed by atoms with Gasteiger partial charge in [-0.1, -0.05) is 0 Å². The summed E-state index contributed by atoms with van der Waals surface area (Å²) in [7, 11) is 3.97. The van der Waals surface area contributed by atoms with Crippen LogP contribution in [0.3, 0.4) is 0 Å². The number of hydrogen-bond donors (Lipinski definition) is 1. The van der Waals surface area contributed by atoms with Crippen LogP contribution in [0.5, 0.6) is 0 Å². The van der Waals surface area contributed by atoms with Crippen molar-refractivity contribution in [1.29, 1.82) is 0 Å². The molecule has 1 fully saturated rings. The topological polar surface area (TPSA) is 67.1 Å². The number of hydrogen-bond acceptors (Lipinski definition) is 6. The molecule has 5 heterocycles. The summed E-state index contributed by atoms with van der Waals surface area (Å²) in [4.78, 5) is 13.4. The molecule has 0 aliphatic carbocycles. The fourth-order valence-electron chi connectivity index (χ4n) is 3.60. The number of aliphatic hydroxyl groups excluding tert-OH is 1. The SMILES string of the molecule is CN1CC(C(O)c2cc3ccc(-c4cnc5nn(C)cc5c4)nc3s2)C1. The van der Waals surface area contributed by atoms with E-state index in [1.54, 1.807) is 16.0 Å². The van der Waals surface area contributed by atoms with Crippen LogP contribution in [0.25, 0.3) is 32.5 Å². The molecule has 1 saturated heterocycles. The highest BCUT2D eigenvalue weighted by atomic mass is 32.1. The highest BCUT2D eigenvalue weighted by Gasteiger charge is 2.31. The van der Waals surface area contributed by atoms with Gasteiger partial charge in [0, 0.05) is 59.7 Å². The second-order valence-electron chi connectivity index (χ2n) is 7.11. The van der Waals surface area contributed by atoms with Crippen LogP contribution in [-0.4, -0.2) is 49.9 Å². The van der Waals surface area contributed by atoms with Crippen LogP contribution < -0.4 is 0 Å². The Labute approximate surface area is 154 Å². The van der Waals surface area contributed by atoms with Gasteiger partial charge in [-0.15, -0.1) is 11.3 Å². The van der Waals surface area contributed by atoms with Crippen LogP contribution in [0.4, 0.5) is 0 Å². The van der Waals surface area contributed by atoms with Crippen molar-refractivity contribution >= 4 is 32.6 Å². The molecule has 0 saturated carbocycles. The van der Waals surface area contributed by atoms with Gasteiger partial charge in [0.2, 0.25) is 0 Å². The second-order valence-corrected chi connectivity index (χ2v) is 8.17. The van der Waals surface area contributed by atoms with E-state index in [9.17, 15) is 5.11 Å². The van der Waals surface area contributed by atoms with E-state index in [0.29, 0.717) is 5.92 Å². The van der Waals surface area contributed by atoms with E-state index < -0.39 is 6.10 Å². The molecular formula is C19H19N5OS. The molecule has 0 amide bonds. The molecule has 1 aliphatic rings. The van der Waals surface area contributed by atoms with Crippen LogP contribution in [0.15, 0.2) is 36.7 Å². The van der Waals surface area contributed by atoms with Gasteiger partial charge in [-0.05, 0) is 31.3 Å². The zero-order valence-electron chi connectivity index (χ0n) is 14.6. The van der Waals surface area contributed by atoms with Crippen molar-refractivity contribution in [3.05, 3.63) is 41.5 Å². The Morgan fingerprint density at radius 1 is 1.19 bits per heavy atom. The lowest BCUT2D eigenvalue weighted by Crippen LogP contribution is -2.46. The molecule has 1 atom stereocenters. The summed E-state index contributed by atoms with van der Waals surface area (Å²) in [6, 6.07) is 8.23. The Morgan fingerprint density at radius 2 is 2.04 bits per heavy atom. The normalized spacial score (nSPS) is 17.0. The number of thiophene rings is 1. The number of aryl methyl sites for hydroxylation is 1. The number of pyridine rings is 2. The number of nitrogens with zero attached hydrogens (tertiary/aromatic N) is 5. The third-order valence-corrected chi connectivity index (χ3v) is 6.12. The molecule has 5 rings (SSSR count). The van der Waals surface area contributed by atoms with Crippen LogP contribution >= 0.6 is 11.3 Å². The van der Waals surface area contributed by atoms with Crippen molar-refractivity contribution in [2.45, 2.75) is 6.10 Å². The zero-order valence-corrected chi connectivity index (χ0v) is 15.4. The van der Waals surface area contributed by atoms with Crippen molar-refractivity contribution < 1.29 is 5.11 Å². The van der Waals surface area contributed by atoms with E-state index in [1.807, 2.05) is 25.5 Å². The fraction of sp³-hybridized carbons (Fsp3) is 0.316. The number of fused-ring (bicyclic) bond motifs is 2. The Hall–Kier alpha value is -2.35. The maximum Gasteiger partial charge on any atom is 0.181 e. The van der Waals surface area contributed by atoms with Crippen LogP contribution in [0.1, 0.15) is 11.0 Å². The monoisotopic (exact) mass is 365 g/mol. The number of aliphatic hydroxyl groups is 1. The predicted octanol–water partition coefficient (Wildman–Crippen LogP) is 2.84. The summed E-state index contributed by atoms with van der Waals surface area (Å²) in [5, 5.41) is 17.0. The van der Waals surface area contributed by atoms with Gasteiger partial charge in [0.15, 0.2) is 5.65 Å². The molecular weight excluding hydrogens is 346 g/mol. The molecule has 26 heavy (non-hydrogen) atoms. The van der Waals surface area contributed by atoms with Gasteiger partial charge in [-0.2, -0.15) is 5.10 Å². The zero-order chi connectivity index (χ0) is 17.8. The van der Waals surface area contributed by atoms with E-state index in [-0.39, 0.29) is 0 Å². The van der Waals surface area contributed by atoms with E-state index in [4.69, 9.17) is 4.98 Å². The summed E-state index contributed by atoms with van der Waals surface area (Å²) in [6.07, 6.45) is 3.37. The molecule has 4 aromatic heterocycles. The molecule has 0 radical (unpaired) electrons. The van der Waals surface area contributed by atoms with Gasteiger partial charge in [0.05, 0.1) is 11.8 Å². The van der Waals surface area contributed by atoms with Crippen LogP contribution in [-0.2, 0) is 7.05 Å². The van der Waals surface area contributed by atoms with Crippen molar-refractivity contribution in [3.63, 3.8) is 0 Å². The summed E-state index contributed by atoms with van der Waals surface area (Å²) in [6.45, 7) is 1.90. The van der Waals surface area contributed by atoms with Crippen molar-refractivity contribution in [2.24, 2.45) is 13.0 Å². The van der Waals surface area contributed by atoms with Gasteiger partial charge in [0.25, 0.3) is 0 Å². The van der Waals surface area contributed by atoms with Gasteiger partial charge in [-0.3, -0.25) is 4.68 Å². The molecule has 0 spiro atoms. The minimum atomic E-state index is -0.401. The highest BCUT2D eigenvalue weighted by molar-refractivity contribution is 7.18. The summed E-state index contributed by atoms with van der Waals surface area (Å²) >= 11 is 1.58. The first-order chi connectivity index (χ1) is 12.6. The molecule has 6 nitrogen and oxygen atoms in total. The molecule has 1 aliphatic heterocycles. The molecule has 0 aromatic carbocycles. The Balaban J connectivity index is 1.50. The lowest BCUT2D eigenvalue weighted by molar-refractivity contribution is 0.0110. The lowest BCUT2D eigenvalue weighted by atomic mass is 9.93.